The quantitative estimate of drug-likeness (QED) is 0.820. The van der Waals surface area contributed by atoms with E-state index in [1.807, 2.05) is 18.5 Å². The summed E-state index contributed by atoms with van der Waals surface area (Å²) in [5, 5.41) is 0. The van der Waals surface area contributed by atoms with Crippen LogP contribution in [-0.4, -0.2) is 47.5 Å². The van der Waals surface area contributed by atoms with Gasteiger partial charge < -0.3 is 4.90 Å². The van der Waals surface area contributed by atoms with Crippen LogP contribution in [0.4, 0.5) is 0 Å². The van der Waals surface area contributed by atoms with Crippen LogP contribution in [0.5, 0.6) is 0 Å². The van der Waals surface area contributed by atoms with E-state index in [2.05, 4.69) is 20.9 Å². The van der Waals surface area contributed by atoms with E-state index in [0.29, 0.717) is 0 Å². The summed E-state index contributed by atoms with van der Waals surface area (Å²) in [6, 6.07) is 4.24. The molecule has 3 nitrogen and oxygen atoms in total. The lowest BCUT2D eigenvalue weighted by atomic mass is 10.0. The Kier molecular flexibility index (Phi) is 3.04. The molecule has 0 N–H and O–H groups in total. The van der Waals surface area contributed by atoms with E-state index in [0.717, 1.165) is 24.3 Å². The Labute approximate surface area is 115 Å². The van der Waals surface area contributed by atoms with Crippen molar-refractivity contribution in [2.24, 2.45) is 17.8 Å². The van der Waals surface area contributed by atoms with Crippen LogP contribution in [0.15, 0.2) is 24.5 Å². The molecule has 1 saturated carbocycles. The first-order chi connectivity index (χ1) is 9.37. The smallest absolute Gasteiger partial charge is 0.0312 e. The molecular weight excluding hydrogens is 234 g/mol. The fourth-order valence-electron chi connectivity index (χ4n) is 3.88. The molecule has 0 spiro atoms. The van der Waals surface area contributed by atoms with E-state index >= 15 is 0 Å². The van der Waals surface area contributed by atoms with Gasteiger partial charge in [0.1, 0.15) is 0 Å². The molecule has 3 heterocycles. The van der Waals surface area contributed by atoms with Crippen molar-refractivity contribution in [2.75, 3.05) is 32.7 Å². The van der Waals surface area contributed by atoms with Crippen molar-refractivity contribution < 1.29 is 0 Å². The van der Waals surface area contributed by atoms with Crippen molar-refractivity contribution in [3.05, 3.63) is 30.1 Å². The van der Waals surface area contributed by atoms with E-state index in [1.165, 1.54) is 51.1 Å². The molecular formula is C16H23N3. The molecule has 2 aliphatic heterocycles. The molecule has 1 aromatic heterocycles. The summed E-state index contributed by atoms with van der Waals surface area (Å²) >= 11 is 0. The van der Waals surface area contributed by atoms with Crippen LogP contribution in [-0.2, 0) is 6.54 Å². The van der Waals surface area contributed by atoms with Crippen LogP contribution in [0.25, 0.3) is 0 Å². The number of pyridine rings is 1. The predicted octanol–water partition coefficient (Wildman–Crippen LogP) is 1.86. The summed E-state index contributed by atoms with van der Waals surface area (Å²) in [6.45, 7) is 7.76. The number of hydrogen-bond acceptors (Lipinski definition) is 3. The summed E-state index contributed by atoms with van der Waals surface area (Å²) in [5.41, 5.74) is 1.36. The number of fused-ring (bicyclic) bond motifs is 1. The molecule has 1 aliphatic carbocycles. The third kappa shape index (κ3) is 2.67. The van der Waals surface area contributed by atoms with Crippen molar-refractivity contribution in [3.63, 3.8) is 0 Å². The Balaban J connectivity index is 1.30. The first-order valence-corrected chi connectivity index (χ1v) is 7.70. The van der Waals surface area contributed by atoms with Crippen molar-refractivity contribution in [1.82, 2.24) is 14.8 Å². The molecule has 0 bridgehead atoms. The topological polar surface area (TPSA) is 19.4 Å². The summed E-state index contributed by atoms with van der Waals surface area (Å²) < 4.78 is 0. The molecule has 1 aromatic rings. The van der Waals surface area contributed by atoms with Gasteiger partial charge in [-0.3, -0.25) is 9.88 Å². The molecule has 19 heavy (non-hydrogen) atoms. The highest BCUT2D eigenvalue weighted by Crippen LogP contribution is 2.36. The van der Waals surface area contributed by atoms with Gasteiger partial charge in [-0.05, 0) is 42.2 Å². The zero-order valence-electron chi connectivity index (χ0n) is 11.5. The van der Waals surface area contributed by atoms with Crippen molar-refractivity contribution in [1.29, 1.82) is 0 Å². The lowest BCUT2D eigenvalue weighted by Gasteiger charge is -2.21. The Morgan fingerprint density at radius 2 is 1.79 bits per heavy atom. The molecule has 0 amide bonds. The monoisotopic (exact) mass is 257 g/mol. The molecule has 0 aromatic carbocycles. The Morgan fingerprint density at radius 1 is 1.05 bits per heavy atom. The second-order valence-electron chi connectivity index (χ2n) is 6.74. The van der Waals surface area contributed by atoms with Crippen molar-refractivity contribution in [2.45, 2.75) is 19.4 Å². The highest BCUT2D eigenvalue weighted by molar-refractivity contribution is 5.09. The van der Waals surface area contributed by atoms with Crippen LogP contribution in [0.2, 0.25) is 0 Å². The zero-order valence-corrected chi connectivity index (χ0v) is 11.5. The number of hydrogen-bond donors (Lipinski definition) is 0. The minimum atomic E-state index is 0.926. The molecule has 0 radical (unpaired) electrons. The Morgan fingerprint density at radius 3 is 2.42 bits per heavy atom. The van der Waals surface area contributed by atoms with Gasteiger partial charge in [0.25, 0.3) is 0 Å². The van der Waals surface area contributed by atoms with Crippen LogP contribution in [0.1, 0.15) is 18.4 Å². The van der Waals surface area contributed by atoms with Gasteiger partial charge in [0.05, 0.1) is 0 Å². The summed E-state index contributed by atoms with van der Waals surface area (Å²) in [6.07, 6.45) is 6.84. The van der Waals surface area contributed by atoms with Gasteiger partial charge in [0, 0.05) is 51.7 Å². The Bertz CT molecular complexity index is 415. The maximum Gasteiger partial charge on any atom is 0.0312 e. The maximum absolute atomic E-state index is 4.22. The summed E-state index contributed by atoms with van der Waals surface area (Å²) in [4.78, 5) is 9.57. The molecule has 2 unspecified atom stereocenters. The molecule has 102 valence electrons. The van der Waals surface area contributed by atoms with Crippen molar-refractivity contribution >= 4 is 0 Å². The van der Waals surface area contributed by atoms with Gasteiger partial charge in [0.2, 0.25) is 0 Å². The molecule has 3 heteroatoms. The van der Waals surface area contributed by atoms with Crippen LogP contribution >= 0.6 is 0 Å². The summed E-state index contributed by atoms with van der Waals surface area (Å²) in [5.74, 6) is 2.90. The average molecular weight is 257 g/mol. The fraction of sp³-hybridized carbons (Fsp3) is 0.688. The highest BCUT2D eigenvalue weighted by Gasteiger charge is 2.40. The second-order valence-corrected chi connectivity index (χ2v) is 6.74. The first-order valence-electron chi connectivity index (χ1n) is 7.70. The minimum Gasteiger partial charge on any atom is -0.302 e. The van der Waals surface area contributed by atoms with Gasteiger partial charge in [-0.25, -0.2) is 0 Å². The molecule has 2 atom stereocenters. The van der Waals surface area contributed by atoms with Gasteiger partial charge in [-0.2, -0.15) is 0 Å². The standard InChI is InChI=1S/C16H23N3/c1-2-14(6-17-5-1)8-19-11-15-9-18(7-13-3-4-13)10-16(15)12-19/h1-2,5-6,13,15-16H,3-4,7-12H2. The van der Waals surface area contributed by atoms with Crippen LogP contribution in [0.3, 0.4) is 0 Å². The fourth-order valence-corrected chi connectivity index (χ4v) is 3.88. The minimum absolute atomic E-state index is 0.926. The summed E-state index contributed by atoms with van der Waals surface area (Å²) in [7, 11) is 0. The van der Waals surface area contributed by atoms with Gasteiger partial charge in [-0.15, -0.1) is 0 Å². The highest BCUT2D eigenvalue weighted by atomic mass is 15.2. The molecule has 4 rings (SSSR count). The van der Waals surface area contributed by atoms with E-state index in [-0.39, 0.29) is 0 Å². The molecule has 3 aliphatic rings. The number of nitrogens with zero attached hydrogens (tertiary/aromatic N) is 3. The third-order valence-corrected chi connectivity index (χ3v) is 4.98. The number of aromatic nitrogens is 1. The molecule has 2 saturated heterocycles. The normalized spacial score (nSPS) is 31.8. The van der Waals surface area contributed by atoms with E-state index in [9.17, 15) is 0 Å². The predicted molar refractivity (Wildman–Crippen MR) is 75.7 cm³/mol. The zero-order chi connectivity index (χ0) is 12.7. The van der Waals surface area contributed by atoms with Crippen LogP contribution in [0, 0.1) is 17.8 Å². The largest absolute Gasteiger partial charge is 0.302 e. The molecule has 3 fully saturated rings. The van der Waals surface area contributed by atoms with Gasteiger partial charge in [0.15, 0.2) is 0 Å². The van der Waals surface area contributed by atoms with E-state index < -0.39 is 0 Å². The van der Waals surface area contributed by atoms with E-state index in [1.54, 1.807) is 0 Å². The van der Waals surface area contributed by atoms with Gasteiger partial charge in [-0.1, -0.05) is 6.07 Å². The SMILES string of the molecule is c1cncc(CN2CC3CN(CC4CC4)CC3C2)c1. The number of likely N-dealkylation sites (tertiary alicyclic amines) is 2. The second kappa shape index (κ2) is 4.88. The lowest BCUT2D eigenvalue weighted by Crippen LogP contribution is -2.29. The van der Waals surface area contributed by atoms with Crippen LogP contribution < -0.4 is 0 Å². The van der Waals surface area contributed by atoms with Gasteiger partial charge >= 0.3 is 0 Å². The third-order valence-electron chi connectivity index (χ3n) is 4.98. The van der Waals surface area contributed by atoms with E-state index in [4.69, 9.17) is 0 Å². The lowest BCUT2D eigenvalue weighted by molar-refractivity contribution is 0.245. The maximum atomic E-state index is 4.22. The average Bonchev–Trinajstić information content (AvgIpc) is 3.02. The van der Waals surface area contributed by atoms with Crippen molar-refractivity contribution in [3.8, 4) is 0 Å². The first kappa shape index (κ1) is 11.9. The number of rotatable bonds is 4. The Hall–Kier alpha value is -0.930.